The van der Waals surface area contributed by atoms with Gasteiger partial charge in [-0.3, -0.25) is 9.80 Å². The molecule has 0 aromatic carbocycles. The second-order valence-electron chi connectivity index (χ2n) is 9.07. The third kappa shape index (κ3) is 9.54. The predicted molar refractivity (Wildman–Crippen MR) is 122 cm³/mol. The zero-order valence-corrected chi connectivity index (χ0v) is 21.4. The number of rotatable bonds is 4. The second kappa shape index (κ2) is 12.9. The molecule has 1 spiro atoms. The van der Waals surface area contributed by atoms with Gasteiger partial charge in [-0.1, -0.05) is 5.16 Å². The SMILES string of the molecule is Cc1noc(C)c1CN1CCC2(CCN(Cc3nccs3)CC2)C1.O=C(O)C(F)(F)F.O=C(O)C(F)(F)F. The highest BCUT2D eigenvalue weighted by Gasteiger charge is 2.41. The molecule has 38 heavy (non-hydrogen) atoms. The van der Waals surface area contributed by atoms with Crippen molar-refractivity contribution in [1.82, 2.24) is 19.9 Å². The first-order valence-electron chi connectivity index (χ1n) is 11.4. The monoisotopic (exact) mass is 574 g/mol. The first-order chi connectivity index (χ1) is 17.5. The van der Waals surface area contributed by atoms with Crippen LogP contribution in [-0.2, 0) is 22.7 Å². The number of alkyl halides is 6. The van der Waals surface area contributed by atoms with Crippen LogP contribution in [0.4, 0.5) is 26.3 Å². The van der Waals surface area contributed by atoms with Gasteiger partial charge in [0.2, 0.25) is 0 Å². The maximum Gasteiger partial charge on any atom is 0.490 e. The van der Waals surface area contributed by atoms with E-state index in [2.05, 4.69) is 32.2 Å². The van der Waals surface area contributed by atoms with Gasteiger partial charge in [-0.05, 0) is 58.2 Å². The molecule has 0 bridgehead atoms. The number of likely N-dealkylation sites (tertiary alicyclic amines) is 2. The van der Waals surface area contributed by atoms with Gasteiger partial charge in [0.1, 0.15) is 10.8 Å². The molecule has 2 saturated heterocycles. The van der Waals surface area contributed by atoms with Crippen LogP contribution >= 0.6 is 11.3 Å². The van der Waals surface area contributed by atoms with E-state index in [1.807, 2.05) is 13.1 Å². The molecule has 2 aliphatic heterocycles. The Morgan fingerprint density at radius 1 is 0.974 bits per heavy atom. The number of thiazole rings is 1. The Morgan fingerprint density at radius 2 is 1.47 bits per heavy atom. The van der Waals surface area contributed by atoms with E-state index < -0.39 is 24.3 Å². The fourth-order valence-electron chi connectivity index (χ4n) is 4.23. The van der Waals surface area contributed by atoms with Crippen molar-refractivity contribution < 1.29 is 50.7 Å². The van der Waals surface area contributed by atoms with Crippen LogP contribution in [0.5, 0.6) is 0 Å². The first kappa shape index (κ1) is 31.5. The molecule has 214 valence electrons. The lowest BCUT2D eigenvalue weighted by atomic mass is 9.78. The number of hydrogen-bond acceptors (Lipinski definition) is 8. The van der Waals surface area contributed by atoms with E-state index in [-0.39, 0.29) is 0 Å². The van der Waals surface area contributed by atoms with Crippen molar-refractivity contribution in [3.63, 3.8) is 0 Å². The number of nitrogens with zero attached hydrogens (tertiary/aromatic N) is 4. The molecule has 2 aromatic rings. The highest BCUT2D eigenvalue weighted by atomic mass is 32.1. The largest absolute Gasteiger partial charge is 0.490 e. The van der Waals surface area contributed by atoms with Gasteiger partial charge in [0, 0.05) is 30.2 Å². The summed E-state index contributed by atoms with van der Waals surface area (Å²) >= 11 is 1.77. The van der Waals surface area contributed by atoms with Gasteiger partial charge in [-0.15, -0.1) is 11.3 Å². The lowest BCUT2D eigenvalue weighted by Gasteiger charge is -2.39. The Balaban J connectivity index is 0.000000301. The highest BCUT2D eigenvalue weighted by molar-refractivity contribution is 7.09. The summed E-state index contributed by atoms with van der Waals surface area (Å²) in [4.78, 5) is 27.4. The van der Waals surface area contributed by atoms with Gasteiger partial charge in [-0.25, -0.2) is 14.6 Å². The summed E-state index contributed by atoms with van der Waals surface area (Å²) in [5.74, 6) is -4.54. The summed E-state index contributed by atoms with van der Waals surface area (Å²) in [6.07, 6.45) is -4.29. The molecule has 2 aromatic heterocycles. The van der Waals surface area contributed by atoms with E-state index in [4.69, 9.17) is 24.3 Å². The average molecular weight is 575 g/mol. The van der Waals surface area contributed by atoms with Gasteiger partial charge >= 0.3 is 24.3 Å². The van der Waals surface area contributed by atoms with E-state index in [9.17, 15) is 26.3 Å². The molecule has 16 heteroatoms. The number of hydrogen-bond donors (Lipinski definition) is 2. The Kier molecular flexibility index (Phi) is 10.7. The van der Waals surface area contributed by atoms with Crippen molar-refractivity contribution in [3.05, 3.63) is 33.6 Å². The van der Waals surface area contributed by atoms with Gasteiger partial charge in [0.15, 0.2) is 0 Å². The van der Waals surface area contributed by atoms with Crippen molar-refractivity contribution in [2.75, 3.05) is 26.2 Å². The molecule has 0 atom stereocenters. The first-order valence-corrected chi connectivity index (χ1v) is 12.3. The number of carboxylic acid groups (broad SMARTS) is 2. The number of halogens is 6. The van der Waals surface area contributed by atoms with E-state index in [1.54, 1.807) is 11.3 Å². The molecule has 0 amide bonds. The molecule has 4 heterocycles. The number of aryl methyl sites for hydroxylation is 2. The van der Waals surface area contributed by atoms with Gasteiger partial charge < -0.3 is 14.7 Å². The van der Waals surface area contributed by atoms with Crippen LogP contribution in [0.3, 0.4) is 0 Å². The van der Waals surface area contributed by atoms with Crippen molar-refractivity contribution in [3.8, 4) is 0 Å². The molecule has 0 unspecified atom stereocenters. The topological polar surface area (TPSA) is 120 Å². The number of aromatic nitrogens is 2. The lowest BCUT2D eigenvalue weighted by Crippen LogP contribution is -2.41. The molecule has 2 N–H and O–H groups in total. The number of aliphatic carboxylic acids is 2. The minimum atomic E-state index is -5.08. The molecule has 9 nitrogen and oxygen atoms in total. The van der Waals surface area contributed by atoms with Crippen molar-refractivity contribution in [1.29, 1.82) is 0 Å². The highest BCUT2D eigenvalue weighted by Crippen LogP contribution is 2.41. The predicted octanol–water partition coefficient (Wildman–Crippen LogP) is 4.50. The number of carbonyl (C=O) groups is 2. The molecular formula is C22H28F6N4O5S. The standard InChI is InChI=1S/C18H26N4OS.2C2HF3O2/c1-14-16(15(2)23-20-14)11-22-9-5-18(13-22)3-7-21(8-4-18)12-17-19-6-10-24-17;2*3-2(4,5)1(6)7/h6,10H,3-5,7-9,11-13H2,1-2H3;2*(H,6,7). The molecule has 0 radical (unpaired) electrons. The van der Waals surface area contributed by atoms with E-state index in [0.717, 1.165) is 24.5 Å². The Bertz CT molecular complexity index is 1010. The Labute approximate surface area is 218 Å². The van der Waals surface area contributed by atoms with Crippen LogP contribution in [0.2, 0.25) is 0 Å². The lowest BCUT2D eigenvalue weighted by molar-refractivity contribution is -0.193. The summed E-state index contributed by atoms with van der Waals surface area (Å²) in [6.45, 7) is 10.9. The molecule has 0 aliphatic carbocycles. The Morgan fingerprint density at radius 3 is 1.87 bits per heavy atom. The fraction of sp³-hybridized carbons (Fsp3) is 0.636. The maximum atomic E-state index is 10.6. The minimum absolute atomic E-state index is 0.526. The summed E-state index contributed by atoms with van der Waals surface area (Å²) in [5, 5.41) is 21.7. The molecular weight excluding hydrogens is 546 g/mol. The fourth-order valence-corrected chi connectivity index (χ4v) is 4.89. The van der Waals surface area contributed by atoms with E-state index in [0.29, 0.717) is 5.41 Å². The molecule has 0 saturated carbocycles. The van der Waals surface area contributed by atoms with E-state index >= 15 is 0 Å². The van der Waals surface area contributed by atoms with Crippen LogP contribution in [0, 0.1) is 19.3 Å². The summed E-state index contributed by atoms with van der Waals surface area (Å²) in [5.41, 5.74) is 2.86. The number of carboxylic acids is 2. The summed E-state index contributed by atoms with van der Waals surface area (Å²) in [6, 6.07) is 0. The summed E-state index contributed by atoms with van der Waals surface area (Å²) in [7, 11) is 0. The third-order valence-electron chi connectivity index (χ3n) is 6.32. The second-order valence-corrected chi connectivity index (χ2v) is 10.1. The molecule has 2 aliphatic rings. The van der Waals surface area contributed by atoms with Crippen LogP contribution in [0.1, 0.15) is 41.3 Å². The number of piperidine rings is 1. The van der Waals surface area contributed by atoms with Gasteiger partial charge in [0.25, 0.3) is 0 Å². The third-order valence-corrected chi connectivity index (χ3v) is 7.09. The quantitative estimate of drug-likeness (QED) is 0.509. The van der Waals surface area contributed by atoms with Crippen LogP contribution in [0.25, 0.3) is 0 Å². The minimum Gasteiger partial charge on any atom is -0.475 e. The zero-order chi connectivity index (χ0) is 28.7. The normalized spacial score (nSPS) is 17.9. The molecule has 2 fully saturated rings. The smallest absolute Gasteiger partial charge is 0.475 e. The van der Waals surface area contributed by atoms with Crippen LogP contribution < -0.4 is 0 Å². The van der Waals surface area contributed by atoms with Crippen LogP contribution in [-0.4, -0.2) is 80.6 Å². The maximum absolute atomic E-state index is 10.6. The average Bonchev–Trinajstić information content (AvgIpc) is 3.54. The van der Waals surface area contributed by atoms with E-state index in [1.165, 1.54) is 56.0 Å². The molecule has 4 rings (SSSR count). The van der Waals surface area contributed by atoms with Gasteiger partial charge in [0.05, 0.1) is 12.2 Å². The summed E-state index contributed by atoms with van der Waals surface area (Å²) < 4.78 is 68.8. The van der Waals surface area contributed by atoms with Gasteiger partial charge in [-0.2, -0.15) is 26.3 Å². The van der Waals surface area contributed by atoms with Crippen molar-refractivity contribution in [2.24, 2.45) is 5.41 Å². The van der Waals surface area contributed by atoms with Crippen molar-refractivity contribution in [2.45, 2.75) is 58.6 Å². The van der Waals surface area contributed by atoms with Crippen LogP contribution in [0.15, 0.2) is 16.1 Å². The zero-order valence-electron chi connectivity index (χ0n) is 20.6. The Hall–Kier alpha value is -2.72. The van der Waals surface area contributed by atoms with Crippen molar-refractivity contribution >= 4 is 23.3 Å².